The number of carbonyl (C=O) groups is 3. The van der Waals surface area contributed by atoms with Gasteiger partial charge in [-0.05, 0) is 38.1 Å². The quantitative estimate of drug-likeness (QED) is 0.331. The maximum atomic E-state index is 12.3. The van der Waals surface area contributed by atoms with Gasteiger partial charge in [-0.15, -0.1) is 11.8 Å². The highest BCUT2D eigenvalue weighted by Crippen LogP contribution is 2.29. The van der Waals surface area contributed by atoms with Crippen LogP contribution in [-0.4, -0.2) is 38.7 Å². The van der Waals surface area contributed by atoms with Crippen molar-refractivity contribution in [2.24, 2.45) is 5.41 Å². The van der Waals surface area contributed by atoms with Crippen LogP contribution >= 0.6 is 0 Å². The van der Waals surface area contributed by atoms with Gasteiger partial charge < -0.3 is 14.2 Å². The van der Waals surface area contributed by atoms with Crippen LogP contribution in [0.5, 0.6) is 0 Å². The summed E-state index contributed by atoms with van der Waals surface area (Å²) in [5, 5.41) is 0. The van der Waals surface area contributed by atoms with Crippen LogP contribution in [0.2, 0.25) is 0 Å². The number of hydrogen-bond acceptors (Lipinski definition) is 6. The summed E-state index contributed by atoms with van der Waals surface area (Å²) in [4.78, 5) is 36.2. The average Bonchev–Trinajstić information content (AvgIpc) is 2.70. The minimum absolute atomic E-state index is 0.0562. The van der Waals surface area contributed by atoms with Gasteiger partial charge in [-0.3, -0.25) is 9.59 Å². The molecule has 142 valence electrons. The molecule has 0 aliphatic heterocycles. The van der Waals surface area contributed by atoms with Gasteiger partial charge in [-0.1, -0.05) is 11.8 Å². The van der Waals surface area contributed by atoms with Gasteiger partial charge in [0.1, 0.15) is 0 Å². The van der Waals surface area contributed by atoms with Gasteiger partial charge in [-0.25, -0.2) is 4.79 Å². The fourth-order valence-corrected chi connectivity index (χ4v) is 2.27. The molecule has 0 aliphatic carbocycles. The van der Waals surface area contributed by atoms with Crippen LogP contribution in [0.25, 0.3) is 0 Å². The van der Waals surface area contributed by atoms with Crippen molar-refractivity contribution in [3.05, 3.63) is 35.4 Å². The Balaban J connectivity index is 3.08. The van der Waals surface area contributed by atoms with Gasteiger partial charge in [0, 0.05) is 18.4 Å². The van der Waals surface area contributed by atoms with Crippen LogP contribution in [0.1, 0.15) is 42.6 Å². The van der Waals surface area contributed by atoms with E-state index in [9.17, 15) is 14.4 Å². The van der Waals surface area contributed by atoms with E-state index >= 15 is 0 Å². The summed E-state index contributed by atoms with van der Waals surface area (Å²) in [7, 11) is 2.39. The number of hydrogen-bond donors (Lipinski definition) is 0. The summed E-state index contributed by atoms with van der Waals surface area (Å²) < 4.78 is 14.5. The Morgan fingerprint density at radius 3 is 2.00 bits per heavy atom. The Morgan fingerprint density at radius 2 is 1.52 bits per heavy atom. The Bertz CT molecular complexity index is 783. The van der Waals surface area contributed by atoms with Gasteiger partial charge in [0.15, 0.2) is 5.41 Å². The molecular weight excluding hydrogens is 348 g/mol. The molecule has 0 atom stereocenters. The molecule has 6 nitrogen and oxygen atoms in total. The number of carbonyl (C=O) groups excluding carboxylic acids is 3. The summed E-state index contributed by atoms with van der Waals surface area (Å²) >= 11 is 0. The molecular formula is C21H22O6. The molecule has 0 N–H and O–H groups in total. The van der Waals surface area contributed by atoms with E-state index in [0.29, 0.717) is 17.7 Å². The largest absolute Gasteiger partial charge is 0.468 e. The summed E-state index contributed by atoms with van der Waals surface area (Å²) in [6.45, 7) is 3.63. The first-order valence-corrected chi connectivity index (χ1v) is 8.27. The zero-order valence-electron chi connectivity index (χ0n) is 15.9. The molecule has 1 aromatic carbocycles. The Hall–Kier alpha value is -3.25. The molecule has 0 aliphatic rings. The molecule has 1 aromatic rings. The molecule has 0 bridgehead atoms. The molecule has 6 heteroatoms. The Kier molecular flexibility index (Phi) is 8.62. The monoisotopic (exact) mass is 370 g/mol. The molecule has 0 fully saturated rings. The summed E-state index contributed by atoms with van der Waals surface area (Å²) in [5.74, 6) is 9.17. The zero-order chi connectivity index (χ0) is 20.3. The van der Waals surface area contributed by atoms with Crippen LogP contribution in [0.4, 0.5) is 0 Å². The second-order valence-electron chi connectivity index (χ2n) is 5.45. The van der Waals surface area contributed by atoms with E-state index in [2.05, 4.69) is 23.7 Å². The SMILES string of the molecule is CC#CCC(CC#Cc1ccc(C(=O)OCC)cc1)(C(=O)OC)C(=O)OC. The summed E-state index contributed by atoms with van der Waals surface area (Å²) in [6, 6.07) is 6.50. The van der Waals surface area contributed by atoms with Crippen molar-refractivity contribution in [2.75, 3.05) is 20.8 Å². The fraction of sp³-hybridized carbons (Fsp3) is 0.381. The van der Waals surface area contributed by atoms with Crippen molar-refractivity contribution in [1.82, 2.24) is 0 Å². The van der Waals surface area contributed by atoms with Crippen LogP contribution in [-0.2, 0) is 23.8 Å². The second-order valence-corrected chi connectivity index (χ2v) is 5.45. The van der Waals surface area contributed by atoms with E-state index in [1.807, 2.05) is 0 Å². The lowest BCUT2D eigenvalue weighted by molar-refractivity contribution is -0.168. The van der Waals surface area contributed by atoms with Gasteiger partial charge >= 0.3 is 17.9 Å². The third kappa shape index (κ3) is 5.62. The summed E-state index contributed by atoms with van der Waals surface area (Å²) in [6.07, 6.45) is -0.167. The molecule has 0 spiro atoms. The highest BCUT2D eigenvalue weighted by atomic mass is 16.5. The standard InChI is InChI=1S/C21H22O6/c1-5-7-14-21(19(23)25-3,20(24)26-4)15-8-9-16-10-12-17(13-11-16)18(22)27-6-2/h10-13H,6,14-15H2,1-4H3. The molecule has 1 rings (SSSR count). The van der Waals surface area contributed by atoms with Gasteiger partial charge in [0.2, 0.25) is 0 Å². The molecule has 0 saturated carbocycles. The van der Waals surface area contributed by atoms with Gasteiger partial charge in [-0.2, -0.15) is 0 Å². The molecule has 0 radical (unpaired) electrons. The number of esters is 3. The van der Waals surface area contributed by atoms with E-state index in [1.54, 1.807) is 38.1 Å². The smallest absolute Gasteiger partial charge is 0.338 e. The minimum atomic E-state index is -1.61. The molecule has 0 unspecified atom stereocenters. The number of benzene rings is 1. The fourth-order valence-electron chi connectivity index (χ4n) is 2.27. The average molecular weight is 370 g/mol. The van der Waals surface area contributed by atoms with E-state index in [-0.39, 0.29) is 12.8 Å². The van der Waals surface area contributed by atoms with Crippen molar-refractivity contribution in [3.8, 4) is 23.7 Å². The molecule has 0 amide bonds. The highest BCUT2D eigenvalue weighted by Gasteiger charge is 2.47. The molecule has 0 saturated heterocycles. The number of methoxy groups -OCH3 is 2. The van der Waals surface area contributed by atoms with E-state index in [4.69, 9.17) is 14.2 Å². The normalized spacial score (nSPS) is 9.78. The first-order chi connectivity index (χ1) is 12.9. The Labute approximate surface area is 159 Å². The lowest BCUT2D eigenvalue weighted by Crippen LogP contribution is -2.40. The molecule has 27 heavy (non-hydrogen) atoms. The maximum Gasteiger partial charge on any atom is 0.338 e. The highest BCUT2D eigenvalue weighted by molar-refractivity contribution is 6.00. The maximum absolute atomic E-state index is 12.3. The topological polar surface area (TPSA) is 78.9 Å². The molecule has 0 heterocycles. The van der Waals surface area contributed by atoms with E-state index < -0.39 is 23.3 Å². The number of ether oxygens (including phenoxy) is 3. The van der Waals surface area contributed by atoms with Crippen molar-refractivity contribution >= 4 is 17.9 Å². The Morgan fingerprint density at radius 1 is 0.963 bits per heavy atom. The van der Waals surface area contributed by atoms with Crippen molar-refractivity contribution in [3.63, 3.8) is 0 Å². The van der Waals surface area contributed by atoms with E-state index in [0.717, 1.165) is 0 Å². The second kappa shape index (κ2) is 10.7. The third-order valence-electron chi connectivity index (χ3n) is 3.74. The van der Waals surface area contributed by atoms with Crippen LogP contribution < -0.4 is 0 Å². The predicted octanol–water partition coefficient (Wildman–Crippen LogP) is 2.35. The van der Waals surface area contributed by atoms with Gasteiger partial charge in [0.25, 0.3) is 0 Å². The lowest BCUT2D eigenvalue weighted by Gasteiger charge is -2.23. The van der Waals surface area contributed by atoms with Crippen LogP contribution in [0, 0.1) is 29.1 Å². The van der Waals surface area contributed by atoms with Crippen molar-refractivity contribution in [1.29, 1.82) is 0 Å². The number of rotatable bonds is 6. The summed E-state index contributed by atoms with van der Waals surface area (Å²) in [5.41, 5.74) is -0.572. The predicted molar refractivity (Wildman–Crippen MR) is 98.4 cm³/mol. The minimum Gasteiger partial charge on any atom is -0.468 e. The van der Waals surface area contributed by atoms with E-state index in [1.165, 1.54) is 14.2 Å². The zero-order valence-corrected chi connectivity index (χ0v) is 15.9. The van der Waals surface area contributed by atoms with Crippen LogP contribution in [0.3, 0.4) is 0 Å². The van der Waals surface area contributed by atoms with Crippen molar-refractivity contribution in [2.45, 2.75) is 26.7 Å². The van der Waals surface area contributed by atoms with Gasteiger partial charge in [0.05, 0.1) is 26.4 Å². The van der Waals surface area contributed by atoms with Crippen LogP contribution in [0.15, 0.2) is 24.3 Å². The lowest BCUT2D eigenvalue weighted by atomic mass is 9.81. The van der Waals surface area contributed by atoms with Crippen molar-refractivity contribution < 1.29 is 28.6 Å². The third-order valence-corrected chi connectivity index (χ3v) is 3.74. The first-order valence-electron chi connectivity index (χ1n) is 8.27. The first kappa shape index (κ1) is 21.8. The molecule has 0 aromatic heterocycles.